The van der Waals surface area contributed by atoms with E-state index in [2.05, 4.69) is 4.98 Å². The van der Waals surface area contributed by atoms with Gasteiger partial charge in [0, 0.05) is 19.7 Å². The van der Waals surface area contributed by atoms with Gasteiger partial charge < -0.3 is 4.74 Å². The van der Waals surface area contributed by atoms with Gasteiger partial charge in [0.15, 0.2) is 0 Å². The Hall–Kier alpha value is -3.04. The summed E-state index contributed by atoms with van der Waals surface area (Å²) in [5.41, 5.74) is 0.883. The standard InChI is InChI=1S/C19H17N4O4S/c1-21-16(20-14-11-7-6-10-13(14)17(21)24)15-18(25)22(23(26)28-15)19(27-2)12-8-4-3-5-9-12/h3-11,15,19H,1-2H3/q+1. The lowest BCUT2D eigenvalue weighted by atomic mass is 10.2. The highest BCUT2D eigenvalue weighted by Gasteiger charge is 2.55. The van der Waals surface area contributed by atoms with Crippen LogP contribution >= 0.6 is 11.9 Å². The second-order valence-corrected chi connectivity index (χ2v) is 7.25. The van der Waals surface area contributed by atoms with Gasteiger partial charge in [-0.2, -0.15) is 0 Å². The molecule has 1 saturated heterocycles. The summed E-state index contributed by atoms with van der Waals surface area (Å²) >= 11 is 0.757. The Morgan fingerprint density at radius 2 is 1.79 bits per heavy atom. The first kappa shape index (κ1) is 18.3. The highest BCUT2D eigenvalue weighted by atomic mass is 32.2. The first-order chi connectivity index (χ1) is 13.5. The SMILES string of the molecule is COC(c1ccccc1)N1C(=O)C(c2nc3ccccc3c(=O)n2C)S[N+]1=O. The predicted octanol–water partition coefficient (Wildman–Crippen LogP) is 2.50. The van der Waals surface area contributed by atoms with Crippen molar-refractivity contribution in [1.82, 2.24) is 14.6 Å². The Morgan fingerprint density at radius 1 is 1.11 bits per heavy atom. The number of methoxy groups -OCH3 is 1. The van der Waals surface area contributed by atoms with Crippen LogP contribution in [0.2, 0.25) is 0 Å². The Kier molecular flexibility index (Phi) is 4.70. The van der Waals surface area contributed by atoms with E-state index in [4.69, 9.17) is 4.74 Å². The van der Waals surface area contributed by atoms with Crippen LogP contribution in [0.25, 0.3) is 10.9 Å². The molecule has 1 aliphatic heterocycles. The zero-order chi connectivity index (χ0) is 19.8. The van der Waals surface area contributed by atoms with Crippen LogP contribution in [-0.4, -0.2) is 31.9 Å². The molecule has 2 atom stereocenters. The molecule has 2 aromatic carbocycles. The number of aromatic nitrogens is 2. The van der Waals surface area contributed by atoms with E-state index in [1.807, 2.05) is 6.07 Å². The van der Waals surface area contributed by atoms with E-state index in [1.165, 1.54) is 11.7 Å². The molecule has 4 rings (SSSR count). The monoisotopic (exact) mass is 397 g/mol. The summed E-state index contributed by atoms with van der Waals surface area (Å²) in [6, 6.07) is 15.9. The van der Waals surface area contributed by atoms with Crippen molar-refractivity contribution in [2.75, 3.05) is 7.11 Å². The van der Waals surface area contributed by atoms with Crippen molar-refractivity contribution in [1.29, 1.82) is 0 Å². The van der Waals surface area contributed by atoms with Gasteiger partial charge in [0.2, 0.25) is 15.8 Å². The van der Waals surface area contributed by atoms with Crippen LogP contribution in [0.3, 0.4) is 0 Å². The number of hydrogen-bond donors (Lipinski definition) is 0. The molecular weight excluding hydrogens is 380 g/mol. The quantitative estimate of drug-likeness (QED) is 0.497. The van der Waals surface area contributed by atoms with Crippen molar-refractivity contribution in [3.05, 3.63) is 81.2 Å². The van der Waals surface area contributed by atoms with Crippen LogP contribution < -0.4 is 5.56 Å². The number of carbonyl (C=O) groups excluding carboxylic acids is 1. The van der Waals surface area contributed by atoms with E-state index in [9.17, 15) is 14.5 Å². The fourth-order valence-electron chi connectivity index (χ4n) is 3.21. The molecule has 0 saturated carbocycles. The first-order valence-electron chi connectivity index (χ1n) is 8.53. The van der Waals surface area contributed by atoms with Gasteiger partial charge in [-0.15, -0.1) is 0 Å². The maximum Gasteiger partial charge on any atom is 0.314 e. The molecule has 0 radical (unpaired) electrons. The molecule has 2 heterocycles. The molecule has 0 N–H and O–H groups in total. The van der Waals surface area contributed by atoms with Gasteiger partial charge >= 0.3 is 5.91 Å². The van der Waals surface area contributed by atoms with Crippen molar-refractivity contribution < 1.29 is 13.8 Å². The van der Waals surface area contributed by atoms with Gasteiger partial charge in [-0.1, -0.05) is 42.5 Å². The predicted molar refractivity (Wildman–Crippen MR) is 104 cm³/mol. The minimum Gasteiger partial charge on any atom is -0.352 e. The van der Waals surface area contributed by atoms with E-state index in [-0.39, 0.29) is 11.4 Å². The average molecular weight is 397 g/mol. The van der Waals surface area contributed by atoms with Crippen molar-refractivity contribution in [3.63, 3.8) is 0 Å². The molecular formula is C19H17N4O4S+. The zero-order valence-corrected chi connectivity index (χ0v) is 16.0. The fraction of sp³-hybridized carbons (Fsp3) is 0.211. The number of para-hydroxylation sites is 1. The lowest BCUT2D eigenvalue weighted by Crippen LogP contribution is -2.36. The largest absolute Gasteiger partial charge is 0.352 e. The van der Waals surface area contributed by atoms with Crippen molar-refractivity contribution in [2.45, 2.75) is 11.5 Å². The minimum atomic E-state index is -0.943. The van der Waals surface area contributed by atoms with Crippen LogP contribution in [0.15, 0.2) is 59.4 Å². The molecule has 1 aliphatic rings. The number of benzene rings is 2. The second kappa shape index (κ2) is 7.17. The smallest absolute Gasteiger partial charge is 0.314 e. The summed E-state index contributed by atoms with van der Waals surface area (Å²) in [5, 5.41) is 0.520. The number of hydrazine groups is 1. The van der Waals surface area contributed by atoms with Gasteiger partial charge in [-0.3, -0.25) is 14.2 Å². The summed E-state index contributed by atoms with van der Waals surface area (Å²) in [6.07, 6.45) is -0.874. The van der Waals surface area contributed by atoms with Crippen LogP contribution in [0.5, 0.6) is 0 Å². The summed E-state index contributed by atoms with van der Waals surface area (Å²) in [4.78, 5) is 42.9. The van der Waals surface area contributed by atoms with Crippen LogP contribution in [0.1, 0.15) is 22.9 Å². The number of carbonyl (C=O) groups is 1. The Labute approximate surface area is 164 Å². The molecule has 1 fully saturated rings. The number of amides is 1. The molecule has 28 heavy (non-hydrogen) atoms. The third kappa shape index (κ3) is 2.88. The van der Waals surface area contributed by atoms with Crippen LogP contribution in [-0.2, 0) is 16.6 Å². The Bertz CT molecular complexity index is 1130. The number of nitroso groups, excluding NO2 is 1. The van der Waals surface area contributed by atoms with Crippen LogP contribution in [0.4, 0.5) is 0 Å². The molecule has 0 bridgehead atoms. The van der Waals surface area contributed by atoms with Crippen LogP contribution in [0, 0.1) is 4.91 Å². The third-order valence-corrected chi connectivity index (χ3v) is 5.58. The number of hydrogen-bond acceptors (Lipinski definition) is 6. The maximum absolute atomic E-state index is 13.1. The summed E-state index contributed by atoms with van der Waals surface area (Å²) in [7, 11) is 2.98. The van der Waals surface area contributed by atoms with E-state index in [1.54, 1.807) is 55.6 Å². The van der Waals surface area contributed by atoms with E-state index >= 15 is 0 Å². The molecule has 3 aromatic rings. The topological polar surface area (TPSA) is 84.5 Å². The Morgan fingerprint density at radius 3 is 2.50 bits per heavy atom. The normalized spacial score (nSPS) is 18.1. The molecule has 0 spiro atoms. The number of nitrogens with zero attached hydrogens (tertiary/aromatic N) is 4. The van der Waals surface area contributed by atoms with Crippen molar-refractivity contribution in [2.24, 2.45) is 7.05 Å². The first-order valence-corrected chi connectivity index (χ1v) is 9.37. The van der Waals surface area contributed by atoms with Gasteiger partial charge in [0.25, 0.3) is 17.5 Å². The molecule has 9 heteroatoms. The third-order valence-electron chi connectivity index (χ3n) is 4.60. The second-order valence-electron chi connectivity index (χ2n) is 6.26. The van der Waals surface area contributed by atoms with E-state index in [0.717, 1.165) is 17.0 Å². The average Bonchev–Trinajstić information content (AvgIpc) is 3.01. The minimum absolute atomic E-state index is 0.227. The lowest BCUT2D eigenvalue weighted by molar-refractivity contribution is -0.568. The zero-order valence-electron chi connectivity index (χ0n) is 15.2. The summed E-state index contributed by atoms with van der Waals surface area (Å²) < 4.78 is 7.25. The molecule has 1 aromatic heterocycles. The van der Waals surface area contributed by atoms with Crippen molar-refractivity contribution >= 4 is 28.8 Å². The van der Waals surface area contributed by atoms with Crippen molar-refractivity contribution in [3.8, 4) is 0 Å². The Balaban J connectivity index is 1.77. The van der Waals surface area contributed by atoms with Gasteiger partial charge in [0.05, 0.1) is 15.8 Å². The maximum atomic E-state index is 13.1. The van der Waals surface area contributed by atoms with E-state index < -0.39 is 17.4 Å². The summed E-state index contributed by atoms with van der Waals surface area (Å²) in [6.45, 7) is 0. The molecule has 8 nitrogen and oxygen atoms in total. The number of fused-ring (bicyclic) bond motifs is 1. The summed E-state index contributed by atoms with van der Waals surface area (Å²) in [5.74, 6) is -0.265. The molecule has 2 unspecified atom stereocenters. The molecule has 1 amide bonds. The number of rotatable bonds is 4. The molecule has 142 valence electrons. The van der Waals surface area contributed by atoms with Gasteiger partial charge in [0.1, 0.15) is 5.82 Å². The molecule has 0 aliphatic carbocycles. The number of ether oxygens (including phenoxy) is 1. The van der Waals surface area contributed by atoms with Gasteiger partial charge in [-0.25, -0.2) is 4.98 Å². The highest BCUT2D eigenvalue weighted by Crippen LogP contribution is 2.41. The van der Waals surface area contributed by atoms with E-state index in [0.29, 0.717) is 20.7 Å². The highest BCUT2D eigenvalue weighted by molar-refractivity contribution is 7.94. The lowest BCUT2D eigenvalue weighted by Gasteiger charge is -2.18. The van der Waals surface area contributed by atoms with Gasteiger partial charge in [-0.05, 0) is 17.1 Å². The fourth-order valence-corrected chi connectivity index (χ4v) is 4.16.